The first-order valence-electron chi connectivity index (χ1n) is 5.09. The average Bonchev–Trinajstić information content (AvgIpc) is 2.26. The van der Waals surface area contributed by atoms with Gasteiger partial charge in [-0.25, -0.2) is 4.98 Å². The molecule has 0 aromatic carbocycles. The molecule has 0 radical (unpaired) electrons. The van der Waals surface area contributed by atoms with Crippen molar-refractivity contribution in [3.63, 3.8) is 0 Å². The van der Waals surface area contributed by atoms with Gasteiger partial charge in [0.05, 0.1) is 5.69 Å². The number of aryl methyl sites for hydroxylation is 1. The molecule has 0 unspecified atom stereocenters. The second-order valence-electron chi connectivity index (χ2n) is 3.51. The van der Waals surface area contributed by atoms with Crippen molar-refractivity contribution in [2.24, 2.45) is 0 Å². The highest BCUT2D eigenvalue weighted by atomic mass is 14.9. The minimum atomic E-state index is 0.150. The van der Waals surface area contributed by atoms with Gasteiger partial charge in [-0.1, -0.05) is 13.3 Å². The SMILES string of the molecule is CCCCc1[nH+]c(N)c(C#N)c(N)c1C#N. The van der Waals surface area contributed by atoms with Crippen LogP contribution in [-0.2, 0) is 6.42 Å². The van der Waals surface area contributed by atoms with Crippen molar-refractivity contribution in [2.75, 3.05) is 11.5 Å². The fraction of sp³-hybridized carbons (Fsp3) is 0.364. The largest absolute Gasteiger partial charge is 0.396 e. The lowest BCUT2D eigenvalue weighted by Crippen LogP contribution is -2.22. The Morgan fingerprint density at radius 3 is 2.31 bits per heavy atom. The van der Waals surface area contributed by atoms with Gasteiger partial charge in [0.2, 0.25) is 0 Å². The number of pyridine rings is 1. The molecule has 1 aromatic rings. The number of unbranched alkanes of at least 4 members (excludes halogenated alkanes) is 1. The lowest BCUT2D eigenvalue weighted by molar-refractivity contribution is -0.373. The second kappa shape index (κ2) is 4.99. The van der Waals surface area contributed by atoms with Crippen LogP contribution in [0.1, 0.15) is 36.6 Å². The van der Waals surface area contributed by atoms with Gasteiger partial charge in [0.1, 0.15) is 23.4 Å². The predicted molar refractivity (Wildman–Crippen MR) is 59.9 cm³/mol. The van der Waals surface area contributed by atoms with Crippen molar-refractivity contribution in [3.05, 3.63) is 16.8 Å². The van der Waals surface area contributed by atoms with Crippen LogP contribution in [0.3, 0.4) is 0 Å². The average molecular weight is 216 g/mol. The van der Waals surface area contributed by atoms with E-state index < -0.39 is 0 Å². The number of nitrogens with zero attached hydrogens (tertiary/aromatic N) is 2. The van der Waals surface area contributed by atoms with Gasteiger partial charge in [-0.2, -0.15) is 10.5 Å². The van der Waals surface area contributed by atoms with Crippen LogP contribution in [0, 0.1) is 22.7 Å². The lowest BCUT2D eigenvalue weighted by atomic mass is 10.0. The summed E-state index contributed by atoms with van der Waals surface area (Å²) >= 11 is 0. The van der Waals surface area contributed by atoms with Crippen molar-refractivity contribution in [1.82, 2.24) is 0 Å². The first-order chi connectivity index (χ1) is 7.65. The molecule has 0 aliphatic carbocycles. The van der Waals surface area contributed by atoms with Gasteiger partial charge in [0, 0.05) is 6.42 Å². The van der Waals surface area contributed by atoms with E-state index in [0.29, 0.717) is 17.7 Å². The van der Waals surface area contributed by atoms with Crippen molar-refractivity contribution in [2.45, 2.75) is 26.2 Å². The number of aromatic amines is 1. The molecule has 0 amide bonds. The van der Waals surface area contributed by atoms with E-state index in [4.69, 9.17) is 22.0 Å². The van der Waals surface area contributed by atoms with Crippen molar-refractivity contribution < 1.29 is 4.98 Å². The third-order valence-electron chi connectivity index (χ3n) is 2.40. The number of nitrogens with one attached hydrogen (secondary N) is 1. The number of aromatic nitrogens is 1. The minimum Gasteiger partial charge on any atom is -0.396 e. The molecular weight excluding hydrogens is 202 g/mol. The zero-order chi connectivity index (χ0) is 12.1. The summed E-state index contributed by atoms with van der Waals surface area (Å²) in [6.45, 7) is 2.06. The van der Waals surface area contributed by atoms with Gasteiger partial charge in [-0.15, -0.1) is 0 Å². The first kappa shape index (κ1) is 11.8. The number of nitrogens with two attached hydrogens (primary N) is 2. The Balaban J connectivity index is 3.32. The smallest absolute Gasteiger partial charge is 0.290 e. The zero-order valence-corrected chi connectivity index (χ0v) is 9.17. The Kier molecular flexibility index (Phi) is 3.68. The molecule has 0 fully saturated rings. The summed E-state index contributed by atoms with van der Waals surface area (Å²) in [6, 6.07) is 3.90. The molecular formula is C11H14N5+. The maximum Gasteiger partial charge on any atom is 0.290 e. The topological polar surface area (TPSA) is 114 Å². The standard InChI is InChI=1S/C11H13N5/c1-2-3-4-9-7(5-12)10(14)8(6-13)11(15)16-9/h2-4H2,1H3,(H4,14,15,16)/p+1. The van der Waals surface area contributed by atoms with Crippen LogP contribution < -0.4 is 16.5 Å². The molecule has 1 rings (SSSR count). The summed E-state index contributed by atoms with van der Waals surface area (Å²) < 4.78 is 0. The summed E-state index contributed by atoms with van der Waals surface area (Å²) in [7, 11) is 0. The number of hydrogen-bond acceptors (Lipinski definition) is 4. The van der Waals surface area contributed by atoms with Gasteiger partial charge in [0.25, 0.3) is 5.82 Å². The fourth-order valence-electron chi connectivity index (χ4n) is 1.51. The minimum absolute atomic E-state index is 0.150. The monoisotopic (exact) mass is 216 g/mol. The molecule has 16 heavy (non-hydrogen) atoms. The van der Waals surface area contributed by atoms with Crippen molar-refractivity contribution in [3.8, 4) is 12.1 Å². The molecule has 0 saturated carbocycles. The fourth-order valence-corrected chi connectivity index (χ4v) is 1.51. The van der Waals surface area contributed by atoms with Crippen LogP contribution in [0.4, 0.5) is 11.5 Å². The third kappa shape index (κ3) is 2.04. The Hall–Kier alpha value is -2.27. The molecule has 0 atom stereocenters. The number of H-pyrrole nitrogens is 1. The summed E-state index contributed by atoms with van der Waals surface area (Å²) in [5.41, 5.74) is 12.8. The number of rotatable bonds is 3. The van der Waals surface area contributed by atoms with Crippen LogP contribution in [0.2, 0.25) is 0 Å². The van der Waals surface area contributed by atoms with E-state index in [2.05, 4.69) is 11.9 Å². The van der Waals surface area contributed by atoms with Gasteiger partial charge in [-0.3, -0.25) is 5.73 Å². The molecule has 0 aliphatic heterocycles. The molecule has 0 spiro atoms. The summed E-state index contributed by atoms with van der Waals surface area (Å²) in [5, 5.41) is 17.9. The van der Waals surface area contributed by atoms with Gasteiger partial charge in [-0.05, 0) is 6.42 Å². The van der Waals surface area contributed by atoms with Crippen LogP contribution in [0.25, 0.3) is 0 Å². The van der Waals surface area contributed by atoms with Crippen LogP contribution in [-0.4, -0.2) is 0 Å². The molecule has 5 nitrogen and oxygen atoms in total. The lowest BCUT2D eigenvalue weighted by Gasteiger charge is -2.05. The van der Waals surface area contributed by atoms with E-state index >= 15 is 0 Å². The Morgan fingerprint density at radius 2 is 1.81 bits per heavy atom. The van der Waals surface area contributed by atoms with Crippen LogP contribution in [0.15, 0.2) is 0 Å². The molecule has 0 bridgehead atoms. The Labute approximate surface area is 94.3 Å². The molecule has 0 aliphatic rings. The first-order valence-corrected chi connectivity index (χ1v) is 5.09. The highest BCUT2D eigenvalue weighted by Crippen LogP contribution is 2.21. The van der Waals surface area contributed by atoms with Gasteiger partial charge < -0.3 is 5.73 Å². The highest BCUT2D eigenvalue weighted by Gasteiger charge is 2.19. The second-order valence-corrected chi connectivity index (χ2v) is 3.51. The zero-order valence-electron chi connectivity index (χ0n) is 9.17. The number of nitrogen functional groups attached to an aromatic ring is 2. The Bertz CT molecular complexity index is 479. The molecule has 82 valence electrons. The van der Waals surface area contributed by atoms with Crippen molar-refractivity contribution >= 4 is 11.5 Å². The summed E-state index contributed by atoms with van der Waals surface area (Å²) in [4.78, 5) is 2.87. The third-order valence-corrected chi connectivity index (χ3v) is 2.40. The molecule has 1 aromatic heterocycles. The maximum absolute atomic E-state index is 9.01. The van der Waals surface area contributed by atoms with Crippen LogP contribution >= 0.6 is 0 Å². The molecule has 5 heteroatoms. The number of hydrogen-bond donors (Lipinski definition) is 2. The van der Waals surface area contributed by atoms with Gasteiger partial charge >= 0.3 is 0 Å². The van der Waals surface area contributed by atoms with Crippen LogP contribution in [0.5, 0.6) is 0 Å². The van der Waals surface area contributed by atoms with E-state index in [1.807, 2.05) is 12.1 Å². The highest BCUT2D eigenvalue weighted by molar-refractivity contribution is 5.69. The normalized spacial score (nSPS) is 9.44. The van der Waals surface area contributed by atoms with E-state index in [9.17, 15) is 0 Å². The molecule has 1 heterocycles. The van der Waals surface area contributed by atoms with Gasteiger partial charge in [0.15, 0.2) is 5.56 Å². The Morgan fingerprint density at radius 1 is 1.19 bits per heavy atom. The number of anilines is 2. The van der Waals surface area contributed by atoms with E-state index in [0.717, 1.165) is 12.8 Å². The predicted octanol–water partition coefficient (Wildman–Crippen LogP) is 0.751. The summed E-state index contributed by atoms with van der Waals surface area (Å²) in [6.07, 6.45) is 2.66. The summed E-state index contributed by atoms with van der Waals surface area (Å²) in [5.74, 6) is 0.227. The molecule has 5 N–H and O–H groups in total. The van der Waals surface area contributed by atoms with E-state index in [-0.39, 0.29) is 17.1 Å². The maximum atomic E-state index is 9.01. The quantitative estimate of drug-likeness (QED) is 0.775. The van der Waals surface area contributed by atoms with E-state index in [1.165, 1.54) is 0 Å². The van der Waals surface area contributed by atoms with E-state index in [1.54, 1.807) is 0 Å². The van der Waals surface area contributed by atoms with Crippen molar-refractivity contribution in [1.29, 1.82) is 10.5 Å². The molecule has 0 saturated heterocycles. The number of nitriles is 2.